The zero-order valence-corrected chi connectivity index (χ0v) is 7.33. The molecular weight excluding hydrogens is 172 g/mol. The Morgan fingerprint density at radius 3 is 2.23 bits per heavy atom. The van der Waals surface area contributed by atoms with Gasteiger partial charge in [-0.05, 0) is 19.9 Å². The summed E-state index contributed by atoms with van der Waals surface area (Å²) in [4.78, 5) is 10.6. The molecule has 0 aliphatic rings. The van der Waals surface area contributed by atoms with Crippen LogP contribution in [0.3, 0.4) is 0 Å². The predicted octanol–water partition coefficient (Wildman–Crippen LogP) is 1.41. The van der Waals surface area contributed by atoms with Gasteiger partial charge in [0.25, 0.3) is 0 Å². The maximum atomic E-state index is 10.6. The van der Waals surface area contributed by atoms with Crippen molar-refractivity contribution in [3.05, 3.63) is 22.8 Å². The molecule has 0 fully saturated rings. The Morgan fingerprint density at radius 1 is 1.23 bits per heavy atom. The minimum absolute atomic E-state index is 0.0828. The van der Waals surface area contributed by atoms with Gasteiger partial charge in [0, 0.05) is 11.1 Å². The molecular formula is C9H10O4. The molecule has 0 heterocycles. The van der Waals surface area contributed by atoms with Gasteiger partial charge in [0.2, 0.25) is 0 Å². The maximum absolute atomic E-state index is 10.6. The van der Waals surface area contributed by atoms with Crippen LogP contribution in [-0.4, -0.2) is 21.3 Å². The monoisotopic (exact) mass is 182 g/mol. The summed E-state index contributed by atoms with van der Waals surface area (Å²) < 4.78 is 0. The molecule has 0 radical (unpaired) electrons. The topological polar surface area (TPSA) is 77.8 Å². The molecule has 4 nitrogen and oxygen atoms in total. The highest BCUT2D eigenvalue weighted by molar-refractivity contribution is 5.91. The van der Waals surface area contributed by atoms with Crippen molar-refractivity contribution in [2.24, 2.45) is 0 Å². The fourth-order valence-electron chi connectivity index (χ4n) is 1.11. The molecule has 70 valence electrons. The summed E-state index contributed by atoms with van der Waals surface area (Å²) in [5.74, 6) is -1.54. The number of carboxylic acid groups (broad SMARTS) is 1. The number of benzene rings is 1. The van der Waals surface area contributed by atoms with E-state index in [4.69, 9.17) is 5.11 Å². The van der Waals surface area contributed by atoms with Crippen molar-refractivity contribution < 1.29 is 20.1 Å². The molecule has 1 rings (SSSR count). The van der Waals surface area contributed by atoms with Gasteiger partial charge in [0.05, 0.1) is 5.56 Å². The number of phenols is 2. The van der Waals surface area contributed by atoms with Gasteiger partial charge in [-0.2, -0.15) is 0 Å². The molecule has 1 aromatic carbocycles. The molecule has 4 heteroatoms. The number of phenolic OH excluding ortho intramolecular Hbond substituents is 2. The smallest absolute Gasteiger partial charge is 0.336 e. The Balaban J connectivity index is 3.50. The van der Waals surface area contributed by atoms with E-state index in [1.165, 1.54) is 13.8 Å². The van der Waals surface area contributed by atoms with Crippen LogP contribution in [0.1, 0.15) is 21.5 Å². The zero-order chi connectivity index (χ0) is 10.2. The van der Waals surface area contributed by atoms with E-state index < -0.39 is 5.97 Å². The van der Waals surface area contributed by atoms with Crippen LogP contribution < -0.4 is 0 Å². The summed E-state index contributed by atoms with van der Waals surface area (Å²) in [6.07, 6.45) is 0. The molecule has 0 unspecified atom stereocenters. The third-order valence-electron chi connectivity index (χ3n) is 2.01. The first-order valence-corrected chi connectivity index (χ1v) is 3.70. The normalized spacial score (nSPS) is 10.0. The van der Waals surface area contributed by atoms with Crippen molar-refractivity contribution in [3.63, 3.8) is 0 Å². The van der Waals surface area contributed by atoms with E-state index in [2.05, 4.69) is 0 Å². The summed E-state index contributed by atoms with van der Waals surface area (Å²) in [5, 5.41) is 27.3. The van der Waals surface area contributed by atoms with E-state index in [1.807, 2.05) is 0 Å². The second-order valence-corrected chi connectivity index (χ2v) is 2.85. The first kappa shape index (κ1) is 9.38. The third kappa shape index (κ3) is 1.42. The standard InChI is InChI=1S/C9H10O4/c1-4-6(9(12)13)3-7(10)5(2)8(4)11/h3,10-11H,1-2H3,(H,12,13). The molecule has 0 aromatic heterocycles. The lowest BCUT2D eigenvalue weighted by Crippen LogP contribution is -2.00. The van der Waals surface area contributed by atoms with E-state index in [0.29, 0.717) is 5.56 Å². The number of aromatic hydroxyl groups is 2. The summed E-state index contributed by atoms with van der Waals surface area (Å²) in [7, 11) is 0. The number of rotatable bonds is 1. The van der Waals surface area contributed by atoms with Gasteiger partial charge >= 0.3 is 5.97 Å². The molecule has 0 aliphatic carbocycles. The largest absolute Gasteiger partial charge is 0.508 e. The highest BCUT2D eigenvalue weighted by Gasteiger charge is 2.15. The van der Waals surface area contributed by atoms with E-state index >= 15 is 0 Å². The maximum Gasteiger partial charge on any atom is 0.336 e. The van der Waals surface area contributed by atoms with Gasteiger partial charge in [-0.15, -0.1) is 0 Å². The fourth-order valence-corrected chi connectivity index (χ4v) is 1.11. The number of carbonyl (C=O) groups is 1. The summed E-state index contributed by atoms with van der Waals surface area (Å²) in [6.45, 7) is 3.01. The van der Waals surface area contributed by atoms with Crippen LogP contribution >= 0.6 is 0 Å². The fraction of sp³-hybridized carbons (Fsp3) is 0.222. The highest BCUT2D eigenvalue weighted by Crippen LogP contribution is 2.31. The minimum atomic E-state index is -1.16. The van der Waals surface area contributed by atoms with E-state index in [9.17, 15) is 15.0 Å². The van der Waals surface area contributed by atoms with Crippen molar-refractivity contribution in [1.29, 1.82) is 0 Å². The molecule has 0 amide bonds. The van der Waals surface area contributed by atoms with Crippen LogP contribution in [0.2, 0.25) is 0 Å². The molecule has 0 atom stereocenters. The minimum Gasteiger partial charge on any atom is -0.508 e. The average molecular weight is 182 g/mol. The lowest BCUT2D eigenvalue weighted by molar-refractivity contribution is 0.0695. The number of aromatic carboxylic acids is 1. The van der Waals surface area contributed by atoms with Crippen LogP contribution in [0.4, 0.5) is 0 Å². The molecule has 0 spiro atoms. The third-order valence-corrected chi connectivity index (χ3v) is 2.01. The quantitative estimate of drug-likeness (QED) is 0.613. The van der Waals surface area contributed by atoms with Crippen molar-refractivity contribution in [2.45, 2.75) is 13.8 Å². The van der Waals surface area contributed by atoms with E-state index in [-0.39, 0.29) is 22.6 Å². The van der Waals surface area contributed by atoms with Crippen molar-refractivity contribution in [1.82, 2.24) is 0 Å². The number of hydrogen-bond donors (Lipinski definition) is 3. The molecule has 0 aliphatic heterocycles. The average Bonchev–Trinajstić information content (AvgIpc) is 2.07. The lowest BCUT2D eigenvalue weighted by atomic mass is 10.0. The molecule has 3 N–H and O–H groups in total. The van der Waals surface area contributed by atoms with Gasteiger partial charge < -0.3 is 15.3 Å². The van der Waals surface area contributed by atoms with E-state index in [1.54, 1.807) is 0 Å². The first-order chi connectivity index (χ1) is 5.95. The Labute approximate surface area is 75.1 Å². The van der Waals surface area contributed by atoms with Crippen molar-refractivity contribution in [3.8, 4) is 11.5 Å². The first-order valence-electron chi connectivity index (χ1n) is 3.70. The number of hydrogen-bond acceptors (Lipinski definition) is 3. The van der Waals surface area contributed by atoms with Gasteiger partial charge in [-0.25, -0.2) is 4.79 Å². The number of carboxylic acids is 1. The Kier molecular flexibility index (Phi) is 2.14. The SMILES string of the molecule is Cc1c(O)cc(C(=O)O)c(C)c1O. The van der Waals surface area contributed by atoms with Crippen LogP contribution in [-0.2, 0) is 0 Å². The molecule has 0 saturated heterocycles. The lowest BCUT2D eigenvalue weighted by Gasteiger charge is -2.08. The predicted molar refractivity (Wildman–Crippen MR) is 46.2 cm³/mol. The second kappa shape index (κ2) is 2.97. The molecule has 1 aromatic rings. The van der Waals surface area contributed by atoms with Gasteiger partial charge in [-0.3, -0.25) is 0 Å². The van der Waals surface area contributed by atoms with Crippen LogP contribution in [0, 0.1) is 13.8 Å². The second-order valence-electron chi connectivity index (χ2n) is 2.85. The molecule has 13 heavy (non-hydrogen) atoms. The Bertz CT molecular complexity index is 368. The zero-order valence-electron chi connectivity index (χ0n) is 7.33. The Morgan fingerprint density at radius 2 is 1.77 bits per heavy atom. The summed E-state index contributed by atoms with van der Waals surface area (Å²) in [5.41, 5.74) is 0.478. The highest BCUT2D eigenvalue weighted by atomic mass is 16.4. The summed E-state index contributed by atoms with van der Waals surface area (Å²) in [6, 6.07) is 1.13. The van der Waals surface area contributed by atoms with Crippen LogP contribution in [0.15, 0.2) is 6.07 Å². The van der Waals surface area contributed by atoms with Crippen molar-refractivity contribution in [2.75, 3.05) is 0 Å². The summed E-state index contributed by atoms with van der Waals surface area (Å²) >= 11 is 0. The van der Waals surface area contributed by atoms with Crippen LogP contribution in [0.5, 0.6) is 11.5 Å². The molecule has 0 bridgehead atoms. The van der Waals surface area contributed by atoms with Gasteiger partial charge in [0.15, 0.2) is 0 Å². The van der Waals surface area contributed by atoms with Gasteiger partial charge in [0.1, 0.15) is 11.5 Å². The molecule has 0 saturated carbocycles. The van der Waals surface area contributed by atoms with Crippen molar-refractivity contribution >= 4 is 5.97 Å². The van der Waals surface area contributed by atoms with E-state index in [0.717, 1.165) is 6.07 Å². The van der Waals surface area contributed by atoms with Gasteiger partial charge in [-0.1, -0.05) is 0 Å². The Hall–Kier alpha value is -1.71. The van der Waals surface area contributed by atoms with Crippen LogP contribution in [0.25, 0.3) is 0 Å².